The zero-order valence-corrected chi connectivity index (χ0v) is 12.5. The Bertz CT molecular complexity index is 469. The fraction of sp³-hybridized carbons (Fsp3) is 0.750. The van der Waals surface area contributed by atoms with Crippen LogP contribution in [0.15, 0.2) is 17.6 Å². The van der Waals surface area contributed by atoms with Crippen molar-refractivity contribution in [1.82, 2.24) is 14.3 Å². The number of imidazole rings is 1. The molecule has 5 nitrogen and oxygen atoms in total. The van der Waals surface area contributed by atoms with Crippen LogP contribution in [0.2, 0.25) is 0 Å². The van der Waals surface area contributed by atoms with Crippen molar-refractivity contribution in [2.75, 3.05) is 6.54 Å². The summed E-state index contributed by atoms with van der Waals surface area (Å²) in [7, 11) is -1.74. The van der Waals surface area contributed by atoms with Gasteiger partial charge in [-0.15, -0.1) is 0 Å². The van der Waals surface area contributed by atoms with Gasteiger partial charge in [0.15, 0.2) is 5.03 Å². The number of sulfonamides is 1. The fourth-order valence-electron chi connectivity index (χ4n) is 2.05. The molecule has 6 heteroatoms. The summed E-state index contributed by atoms with van der Waals surface area (Å²) >= 11 is 0. The molecule has 0 atom stereocenters. The van der Waals surface area contributed by atoms with E-state index in [1.807, 2.05) is 0 Å². The number of aromatic nitrogens is 2. The van der Waals surface area contributed by atoms with Crippen LogP contribution in [0, 0.1) is 17.8 Å². The summed E-state index contributed by atoms with van der Waals surface area (Å²) in [5, 5.41) is 0.0799. The highest BCUT2D eigenvalue weighted by Crippen LogP contribution is 2.20. The molecule has 0 aromatic carbocycles. The number of nitrogens with zero attached hydrogens (tertiary/aromatic N) is 2. The molecule has 0 fully saturated rings. The summed E-state index contributed by atoms with van der Waals surface area (Å²) < 4.78 is 28.3. The highest BCUT2D eigenvalue weighted by Gasteiger charge is 2.22. The van der Waals surface area contributed by atoms with Gasteiger partial charge in [-0.05, 0) is 17.8 Å². The number of aryl methyl sites for hydroxylation is 1. The van der Waals surface area contributed by atoms with E-state index in [0.29, 0.717) is 24.3 Å². The van der Waals surface area contributed by atoms with Crippen molar-refractivity contribution < 1.29 is 8.42 Å². The predicted octanol–water partition coefficient (Wildman–Crippen LogP) is 1.63. The van der Waals surface area contributed by atoms with Gasteiger partial charge in [-0.25, -0.2) is 18.1 Å². The molecule has 1 heterocycles. The van der Waals surface area contributed by atoms with Gasteiger partial charge in [0.05, 0.1) is 6.33 Å². The largest absolute Gasteiger partial charge is 0.339 e. The van der Waals surface area contributed by atoms with E-state index in [2.05, 4.69) is 37.4 Å². The molecule has 0 unspecified atom stereocenters. The summed E-state index contributed by atoms with van der Waals surface area (Å²) in [6, 6.07) is 0. The highest BCUT2D eigenvalue weighted by atomic mass is 32.2. The first-order chi connectivity index (χ1) is 8.24. The van der Waals surface area contributed by atoms with Crippen LogP contribution in [-0.4, -0.2) is 24.5 Å². The maximum atomic E-state index is 12.0. The van der Waals surface area contributed by atoms with Gasteiger partial charge in [-0.3, -0.25) is 0 Å². The third-order valence-corrected chi connectivity index (χ3v) is 4.49. The SMILES string of the molecule is CC(C)C(CNS(=O)(=O)c1cn(C)cn1)C(C)C. The Morgan fingerprint density at radius 3 is 2.22 bits per heavy atom. The second-order valence-corrected chi connectivity index (χ2v) is 7.09. The first-order valence-corrected chi connectivity index (χ1v) is 7.70. The van der Waals surface area contributed by atoms with Crippen molar-refractivity contribution in [3.8, 4) is 0 Å². The molecular formula is C12H23N3O2S. The maximum absolute atomic E-state index is 12.0. The van der Waals surface area contributed by atoms with Crippen LogP contribution in [0.4, 0.5) is 0 Å². The first-order valence-electron chi connectivity index (χ1n) is 6.21. The summed E-state index contributed by atoms with van der Waals surface area (Å²) in [5.41, 5.74) is 0. The minimum absolute atomic E-state index is 0.0799. The van der Waals surface area contributed by atoms with Gasteiger partial charge in [0.1, 0.15) is 0 Å². The predicted molar refractivity (Wildman–Crippen MR) is 71.6 cm³/mol. The Morgan fingerprint density at radius 1 is 1.28 bits per heavy atom. The lowest BCUT2D eigenvalue weighted by Gasteiger charge is -2.24. The first kappa shape index (κ1) is 15.2. The van der Waals surface area contributed by atoms with Crippen molar-refractivity contribution in [1.29, 1.82) is 0 Å². The standard InChI is InChI=1S/C12H23N3O2S/c1-9(2)11(10(3)4)6-14-18(16,17)12-7-15(5)8-13-12/h7-11,14H,6H2,1-5H3. The zero-order chi connectivity index (χ0) is 13.9. The Balaban J connectivity index is 2.73. The maximum Gasteiger partial charge on any atom is 0.259 e. The van der Waals surface area contributed by atoms with Crippen LogP contribution >= 0.6 is 0 Å². The van der Waals surface area contributed by atoms with E-state index in [1.54, 1.807) is 11.6 Å². The van der Waals surface area contributed by atoms with Gasteiger partial charge in [-0.2, -0.15) is 0 Å². The normalized spacial score (nSPS) is 12.9. The molecule has 1 N–H and O–H groups in total. The number of rotatable bonds is 6. The molecular weight excluding hydrogens is 250 g/mol. The van der Waals surface area contributed by atoms with E-state index in [4.69, 9.17) is 0 Å². The van der Waals surface area contributed by atoms with E-state index in [-0.39, 0.29) is 5.03 Å². The monoisotopic (exact) mass is 273 g/mol. The molecule has 104 valence electrons. The molecule has 1 aromatic rings. The quantitative estimate of drug-likeness (QED) is 0.856. The Morgan fingerprint density at radius 2 is 1.83 bits per heavy atom. The van der Waals surface area contributed by atoms with E-state index in [0.717, 1.165) is 0 Å². The molecule has 0 aliphatic carbocycles. The molecule has 0 saturated heterocycles. The third-order valence-electron chi connectivity index (χ3n) is 3.18. The molecule has 1 aromatic heterocycles. The Hall–Kier alpha value is -0.880. The lowest BCUT2D eigenvalue weighted by molar-refractivity contribution is 0.289. The molecule has 0 aliphatic heterocycles. The van der Waals surface area contributed by atoms with Gasteiger partial charge in [-0.1, -0.05) is 27.7 Å². The zero-order valence-electron chi connectivity index (χ0n) is 11.7. The number of hydrogen-bond donors (Lipinski definition) is 1. The lowest BCUT2D eigenvalue weighted by Crippen LogP contribution is -2.34. The van der Waals surface area contributed by atoms with Crippen molar-refractivity contribution in [3.05, 3.63) is 12.5 Å². The van der Waals surface area contributed by atoms with Crippen molar-refractivity contribution >= 4 is 10.0 Å². The van der Waals surface area contributed by atoms with Crippen molar-refractivity contribution in [2.24, 2.45) is 24.8 Å². The minimum Gasteiger partial charge on any atom is -0.339 e. The van der Waals surface area contributed by atoms with Crippen LogP contribution in [0.3, 0.4) is 0 Å². The van der Waals surface area contributed by atoms with Gasteiger partial charge in [0.2, 0.25) is 0 Å². The van der Waals surface area contributed by atoms with Crippen LogP contribution in [0.25, 0.3) is 0 Å². The highest BCUT2D eigenvalue weighted by molar-refractivity contribution is 7.89. The van der Waals surface area contributed by atoms with Crippen molar-refractivity contribution in [3.63, 3.8) is 0 Å². The van der Waals surface area contributed by atoms with Gasteiger partial charge < -0.3 is 4.57 Å². The Labute approximate surface area is 110 Å². The average molecular weight is 273 g/mol. The molecule has 0 amide bonds. The Kier molecular flexibility index (Phi) is 4.92. The summed E-state index contributed by atoms with van der Waals surface area (Å²) in [6.45, 7) is 8.90. The molecule has 0 spiro atoms. The second kappa shape index (κ2) is 5.84. The molecule has 0 bridgehead atoms. The van der Waals surface area contributed by atoms with Crippen LogP contribution in [-0.2, 0) is 17.1 Å². The molecule has 1 rings (SSSR count). The van der Waals surface area contributed by atoms with Crippen LogP contribution in [0.5, 0.6) is 0 Å². The van der Waals surface area contributed by atoms with Crippen molar-refractivity contribution in [2.45, 2.75) is 32.7 Å². The van der Waals surface area contributed by atoms with E-state index in [1.165, 1.54) is 12.5 Å². The lowest BCUT2D eigenvalue weighted by atomic mass is 9.86. The van der Waals surface area contributed by atoms with E-state index < -0.39 is 10.0 Å². The van der Waals surface area contributed by atoms with E-state index in [9.17, 15) is 8.42 Å². The van der Waals surface area contributed by atoms with Crippen LogP contribution in [0.1, 0.15) is 27.7 Å². The smallest absolute Gasteiger partial charge is 0.259 e. The summed E-state index contributed by atoms with van der Waals surface area (Å²) in [5.74, 6) is 1.20. The second-order valence-electron chi connectivity index (χ2n) is 5.38. The third kappa shape index (κ3) is 3.81. The van der Waals surface area contributed by atoms with Gasteiger partial charge in [0.25, 0.3) is 10.0 Å². The molecule has 18 heavy (non-hydrogen) atoms. The van der Waals surface area contributed by atoms with E-state index >= 15 is 0 Å². The molecule has 0 aliphatic rings. The van der Waals surface area contributed by atoms with Gasteiger partial charge >= 0.3 is 0 Å². The fourth-order valence-corrected chi connectivity index (χ4v) is 3.10. The number of hydrogen-bond acceptors (Lipinski definition) is 3. The average Bonchev–Trinajstić information content (AvgIpc) is 2.64. The topological polar surface area (TPSA) is 64.0 Å². The number of nitrogens with one attached hydrogen (secondary N) is 1. The van der Waals surface area contributed by atoms with Gasteiger partial charge in [0, 0.05) is 19.8 Å². The molecule has 0 radical (unpaired) electrons. The summed E-state index contributed by atoms with van der Waals surface area (Å²) in [4.78, 5) is 3.87. The minimum atomic E-state index is -3.48. The van der Waals surface area contributed by atoms with Crippen LogP contribution < -0.4 is 4.72 Å². The summed E-state index contributed by atoms with van der Waals surface area (Å²) in [6.07, 6.45) is 2.99. The molecule has 0 saturated carbocycles.